The van der Waals surface area contributed by atoms with Gasteiger partial charge in [-0.3, -0.25) is 4.79 Å². The van der Waals surface area contributed by atoms with Gasteiger partial charge in [-0.2, -0.15) is 0 Å². The Morgan fingerprint density at radius 1 is 1.15 bits per heavy atom. The van der Waals surface area contributed by atoms with Crippen LogP contribution >= 0.6 is 0 Å². The van der Waals surface area contributed by atoms with Gasteiger partial charge in [-0.05, 0) is 36.4 Å². The van der Waals surface area contributed by atoms with E-state index in [1.165, 1.54) is 18.2 Å². The molecule has 20 heavy (non-hydrogen) atoms. The molecule has 0 saturated carbocycles. The topological polar surface area (TPSA) is 41.1 Å². The number of nitrogens with one attached hydrogen (secondary N) is 2. The van der Waals surface area contributed by atoms with Crippen molar-refractivity contribution in [2.45, 2.75) is 0 Å². The Morgan fingerprint density at radius 3 is 2.65 bits per heavy atom. The van der Waals surface area contributed by atoms with Gasteiger partial charge in [0.15, 0.2) is 0 Å². The van der Waals surface area contributed by atoms with Gasteiger partial charge in [-0.15, -0.1) is 6.42 Å². The first kappa shape index (κ1) is 13.6. The molecule has 100 valence electrons. The van der Waals surface area contributed by atoms with Crippen LogP contribution in [0.4, 0.5) is 15.8 Å². The minimum atomic E-state index is -0.391. The molecule has 4 heteroatoms. The Bertz CT molecular complexity index is 662. The summed E-state index contributed by atoms with van der Waals surface area (Å²) in [7, 11) is 0. The van der Waals surface area contributed by atoms with Crippen LogP contribution in [0.25, 0.3) is 0 Å². The zero-order chi connectivity index (χ0) is 14.4. The van der Waals surface area contributed by atoms with Gasteiger partial charge in [0, 0.05) is 16.9 Å². The number of hydrogen-bond donors (Lipinski definition) is 2. The summed E-state index contributed by atoms with van der Waals surface area (Å²) in [5.41, 5.74) is 1.92. The summed E-state index contributed by atoms with van der Waals surface area (Å²) in [5.74, 6) is 1.87. The predicted octanol–water partition coefficient (Wildman–Crippen LogP) is 2.86. The molecule has 0 spiro atoms. The number of terminal acetylenes is 1. The van der Waals surface area contributed by atoms with Crippen LogP contribution in [0.3, 0.4) is 0 Å². The van der Waals surface area contributed by atoms with E-state index in [2.05, 4.69) is 16.6 Å². The molecule has 0 fully saturated rings. The van der Waals surface area contributed by atoms with E-state index >= 15 is 0 Å². The fourth-order valence-electron chi connectivity index (χ4n) is 1.67. The minimum Gasteiger partial charge on any atom is -0.376 e. The van der Waals surface area contributed by atoms with E-state index in [0.29, 0.717) is 5.69 Å². The highest BCUT2D eigenvalue weighted by Gasteiger charge is 2.03. The van der Waals surface area contributed by atoms with E-state index in [1.807, 2.05) is 12.1 Å². The van der Waals surface area contributed by atoms with Crippen LogP contribution in [0.5, 0.6) is 0 Å². The molecule has 2 aromatic carbocycles. The molecule has 1 amide bonds. The van der Waals surface area contributed by atoms with Crippen LogP contribution in [-0.4, -0.2) is 12.5 Å². The molecule has 2 N–H and O–H groups in total. The van der Waals surface area contributed by atoms with Crippen LogP contribution in [0.15, 0.2) is 48.5 Å². The first-order valence-corrected chi connectivity index (χ1v) is 6.03. The van der Waals surface area contributed by atoms with E-state index in [4.69, 9.17) is 6.42 Å². The van der Waals surface area contributed by atoms with E-state index in [0.717, 1.165) is 11.3 Å². The zero-order valence-corrected chi connectivity index (χ0v) is 10.7. The van der Waals surface area contributed by atoms with E-state index < -0.39 is 5.82 Å². The number of carbonyl (C=O) groups is 1. The Balaban J connectivity index is 1.90. The molecule has 2 rings (SSSR count). The second-order valence-electron chi connectivity index (χ2n) is 4.14. The molecule has 0 unspecified atom stereocenters. The van der Waals surface area contributed by atoms with E-state index in [-0.39, 0.29) is 12.5 Å². The van der Waals surface area contributed by atoms with Gasteiger partial charge in [0.05, 0.1) is 6.54 Å². The van der Waals surface area contributed by atoms with Gasteiger partial charge in [0.25, 0.3) is 0 Å². The van der Waals surface area contributed by atoms with Crippen molar-refractivity contribution >= 4 is 17.3 Å². The molecule has 0 saturated heterocycles. The van der Waals surface area contributed by atoms with Gasteiger partial charge in [0.1, 0.15) is 5.82 Å². The number of halogens is 1. The minimum absolute atomic E-state index is 0.0739. The molecular formula is C16H13FN2O. The summed E-state index contributed by atoms with van der Waals surface area (Å²) in [4.78, 5) is 11.7. The average Bonchev–Trinajstić information content (AvgIpc) is 2.45. The Labute approximate surface area is 116 Å². The van der Waals surface area contributed by atoms with Crippen LogP contribution < -0.4 is 10.6 Å². The third-order valence-corrected chi connectivity index (χ3v) is 2.59. The largest absolute Gasteiger partial charge is 0.376 e. The maximum atomic E-state index is 13.0. The van der Waals surface area contributed by atoms with Gasteiger partial charge in [-0.1, -0.05) is 18.1 Å². The second kappa shape index (κ2) is 6.39. The van der Waals surface area contributed by atoms with Crippen molar-refractivity contribution in [1.29, 1.82) is 0 Å². The predicted molar refractivity (Wildman–Crippen MR) is 77.9 cm³/mol. The third-order valence-electron chi connectivity index (χ3n) is 2.59. The van der Waals surface area contributed by atoms with Crippen molar-refractivity contribution in [1.82, 2.24) is 0 Å². The zero-order valence-electron chi connectivity index (χ0n) is 10.7. The Kier molecular flexibility index (Phi) is 4.35. The maximum absolute atomic E-state index is 13.0. The van der Waals surface area contributed by atoms with Gasteiger partial charge in [0.2, 0.25) is 5.91 Å². The summed E-state index contributed by atoms with van der Waals surface area (Å²) in [6.45, 7) is 0.0739. The molecule has 0 aliphatic rings. The lowest BCUT2D eigenvalue weighted by atomic mass is 10.2. The summed E-state index contributed by atoms with van der Waals surface area (Å²) in [6, 6.07) is 12.9. The van der Waals surface area contributed by atoms with Crippen molar-refractivity contribution in [3.63, 3.8) is 0 Å². The molecule has 0 heterocycles. The van der Waals surface area contributed by atoms with Crippen molar-refractivity contribution in [2.75, 3.05) is 17.2 Å². The highest BCUT2D eigenvalue weighted by molar-refractivity contribution is 5.93. The van der Waals surface area contributed by atoms with Crippen LogP contribution in [0, 0.1) is 18.2 Å². The van der Waals surface area contributed by atoms with Crippen molar-refractivity contribution in [3.8, 4) is 12.3 Å². The quantitative estimate of drug-likeness (QED) is 0.837. The lowest BCUT2D eigenvalue weighted by Gasteiger charge is -2.08. The van der Waals surface area contributed by atoms with Crippen molar-refractivity contribution < 1.29 is 9.18 Å². The van der Waals surface area contributed by atoms with E-state index in [9.17, 15) is 9.18 Å². The maximum Gasteiger partial charge on any atom is 0.243 e. The van der Waals surface area contributed by atoms with Crippen LogP contribution in [-0.2, 0) is 4.79 Å². The summed E-state index contributed by atoms with van der Waals surface area (Å²) in [6.07, 6.45) is 5.30. The highest BCUT2D eigenvalue weighted by Crippen LogP contribution is 2.11. The number of hydrogen-bond acceptors (Lipinski definition) is 2. The molecule has 3 nitrogen and oxygen atoms in total. The Hall–Kier alpha value is -2.80. The normalized spacial score (nSPS) is 9.60. The molecular weight excluding hydrogens is 255 g/mol. The van der Waals surface area contributed by atoms with Gasteiger partial charge >= 0.3 is 0 Å². The summed E-state index contributed by atoms with van der Waals surface area (Å²) in [5, 5.41) is 5.55. The molecule has 0 aliphatic carbocycles. The smallest absolute Gasteiger partial charge is 0.243 e. The lowest BCUT2D eigenvalue weighted by Crippen LogP contribution is -2.21. The summed E-state index contributed by atoms with van der Waals surface area (Å²) >= 11 is 0. The standard InChI is InChI=1S/C16H13FN2O/c1-2-12-5-3-7-14(9-12)18-11-16(20)19-15-8-4-6-13(17)10-15/h1,3-10,18H,11H2,(H,19,20). The van der Waals surface area contributed by atoms with Crippen LogP contribution in [0.2, 0.25) is 0 Å². The molecule has 0 aliphatic heterocycles. The number of rotatable bonds is 4. The first-order chi connectivity index (χ1) is 9.67. The number of anilines is 2. The monoisotopic (exact) mass is 268 g/mol. The average molecular weight is 268 g/mol. The fourth-order valence-corrected chi connectivity index (χ4v) is 1.67. The first-order valence-electron chi connectivity index (χ1n) is 6.03. The SMILES string of the molecule is C#Cc1cccc(NCC(=O)Nc2cccc(F)c2)c1. The number of benzene rings is 2. The fraction of sp³-hybridized carbons (Fsp3) is 0.0625. The molecule has 2 aromatic rings. The molecule has 0 radical (unpaired) electrons. The van der Waals surface area contributed by atoms with Crippen LogP contribution in [0.1, 0.15) is 5.56 Å². The molecule has 0 atom stereocenters. The van der Waals surface area contributed by atoms with Crippen molar-refractivity contribution in [3.05, 3.63) is 59.9 Å². The summed E-state index contributed by atoms with van der Waals surface area (Å²) < 4.78 is 13.0. The second-order valence-corrected chi connectivity index (χ2v) is 4.14. The number of carbonyl (C=O) groups excluding carboxylic acids is 1. The third kappa shape index (κ3) is 3.85. The van der Waals surface area contributed by atoms with Gasteiger partial charge < -0.3 is 10.6 Å². The molecule has 0 bridgehead atoms. The van der Waals surface area contributed by atoms with Gasteiger partial charge in [-0.25, -0.2) is 4.39 Å². The lowest BCUT2D eigenvalue weighted by molar-refractivity contribution is -0.114. The molecule has 0 aromatic heterocycles. The van der Waals surface area contributed by atoms with E-state index in [1.54, 1.807) is 18.2 Å². The number of amides is 1. The highest BCUT2D eigenvalue weighted by atomic mass is 19.1. The Morgan fingerprint density at radius 2 is 1.90 bits per heavy atom. The van der Waals surface area contributed by atoms with Crippen molar-refractivity contribution in [2.24, 2.45) is 0 Å².